The number of carbonyl (C=O) groups excluding carboxylic acids is 3. The van der Waals surface area contributed by atoms with Crippen LogP contribution in [-0.2, 0) is 24.4 Å². The van der Waals surface area contributed by atoms with E-state index in [9.17, 15) is 22.8 Å². The Morgan fingerprint density at radius 2 is 1.74 bits per heavy atom. The first-order valence-corrected chi connectivity index (χ1v) is 21.0. The van der Waals surface area contributed by atoms with Crippen LogP contribution in [0, 0.1) is 11.8 Å². The first-order valence-electron chi connectivity index (χ1n) is 18.6. The molecule has 3 aliphatic rings. The highest BCUT2D eigenvalue weighted by molar-refractivity contribution is 7.91. The number of benzene rings is 2. The van der Waals surface area contributed by atoms with Crippen molar-refractivity contribution in [2.24, 2.45) is 17.6 Å². The smallest absolute Gasteiger partial charge is 0.245 e. The maximum absolute atomic E-state index is 14.3. The number of primary amides is 1. The molecule has 284 valence electrons. The predicted molar refractivity (Wildman–Crippen MR) is 209 cm³/mol. The molecule has 2 saturated carbocycles. The van der Waals surface area contributed by atoms with Gasteiger partial charge in [-0.05, 0) is 87.1 Å². The van der Waals surface area contributed by atoms with Crippen LogP contribution in [0.2, 0.25) is 0 Å². The third kappa shape index (κ3) is 8.60. The van der Waals surface area contributed by atoms with Crippen LogP contribution in [0.4, 0.5) is 5.69 Å². The zero-order valence-electron chi connectivity index (χ0n) is 30.2. The Morgan fingerprint density at radius 3 is 2.44 bits per heavy atom. The standard InChI is InChI=1S/C40H46N6O6S2/c1-40(20-21-40)54(50,51)45-37(48)29-23-26(29)13-6-3-2-4-9-18-32(42-27-14-7-5-8-15-27)39(49)46-25-28(24-33(46)36(41)47)52-38-35(34-19-12-22-53-34)43-30-16-10-11-17-31(30)44-38/h5-8,10-17,19,22,26,28-29,32-33,42H,2-4,9,18,20-21,23-25H2,1H3,(H2,41,47)(H,45,48)/b13-6-/t26-,28-,29+,32+,33+/m1/s1. The molecule has 0 unspecified atom stereocenters. The topological polar surface area (TPSA) is 174 Å². The number of unbranched alkanes of at least 4 members (excludes halogenated alkanes) is 3. The number of allylic oxidation sites excluding steroid dienone is 2. The van der Waals surface area contributed by atoms with E-state index in [-0.39, 0.29) is 30.7 Å². The van der Waals surface area contributed by atoms with E-state index in [0.717, 1.165) is 41.8 Å². The first-order chi connectivity index (χ1) is 26.0. The van der Waals surface area contributed by atoms with Gasteiger partial charge in [0.25, 0.3) is 0 Å². The third-order valence-electron chi connectivity index (χ3n) is 10.6. The highest BCUT2D eigenvalue weighted by Crippen LogP contribution is 2.44. The molecule has 3 fully saturated rings. The lowest BCUT2D eigenvalue weighted by Gasteiger charge is -2.28. The molecule has 3 amide bonds. The number of aromatic nitrogens is 2. The molecule has 4 aromatic rings. The molecule has 5 atom stereocenters. The molecule has 14 heteroatoms. The lowest BCUT2D eigenvalue weighted by Crippen LogP contribution is -2.49. The van der Waals surface area contributed by atoms with Crippen molar-refractivity contribution in [3.05, 3.63) is 84.3 Å². The van der Waals surface area contributed by atoms with E-state index in [0.29, 0.717) is 42.8 Å². The van der Waals surface area contributed by atoms with Crippen LogP contribution >= 0.6 is 11.3 Å². The van der Waals surface area contributed by atoms with Crippen LogP contribution < -0.4 is 20.5 Å². The number of ether oxygens (including phenoxy) is 1. The zero-order valence-corrected chi connectivity index (χ0v) is 31.9. The number of nitrogens with one attached hydrogen (secondary N) is 2. The quantitative estimate of drug-likeness (QED) is 0.0884. The van der Waals surface area contributed by atoms with Gasteiger partial charge >= 0.3 is 0 Å². The number of anilines is 1. The van der Waals surface area contributed by atoms with E-state index in [4.69, 9.17) is 20.4 Å². The summed E-state index contributed by atoms with van der Waals surface area (Å²) in [4.78, 5) is 51.6. The molecular formula is C40H46N6O6S2. The third-order valence-corrected chi connectivity index (χ3v) is 13.7. The van der Waals surface area contributed by atoms with E-state index in [2.05, 4.69) is 16.1 Å². The highest BCUT2D eigenvalue weighted by atomic mass is 32.2. The summed E-state index contributed by atoms with van der Waals surface area (Å²) in [6, 6.07) is 19.6. The van der Waals surface area contributed by atoms with Crippen LogP contribution in [0.5, 0.6) is 5.88 Å². The number of amides is 3. The van der Waals surface area contributed by atoms with Gasteiger partial charge in [-0.3, -0.25) is 19.1 Å². The van der Waals surface area contributed by atoms with E-state index < -0.39 is 44.8 Å². The van der Waals surface area contributed by atoms with Crippen molar-refractivity contribution in [3.63, 3.8) is 0 Å². The maximum atomic E-state index is 14.3. The summed E-state index contributed by atoms with van der Waals surface area (Å²) in [6.45, 7) is 1.84. The summed E-state index contributed by atoms with van der Waals surface area (Å²) in [5.74, 6) is -1.09. The molecule has 0 radical (unpaired) electrons. The van der Waals surface area contributed by atoms with Crippen molar-refractivity contribution >= 4 is 55.8 Å². The van der Waals surface area contributed by atoms with Crippen LogP contribution in [0.3, 0.4) is 0 Å². The van der Waals surface area contributed by atoms with Gasteiger partial charge < -0.3 is 20.7 Å². The van der Waals surface area contributed by atoms with Gasteiger partial charge in [0, 0.05) is 18.0 Å². The molecule has 7 rings (SSSR count). The summed E-state index contributed by atoms with van der Waals surface area (Å²) >= 11 is 1.53. The number of para-hydroxylation sites is 3. The van der Waals surface area contributed by atoms with Gasteiger partial charge in [-0.25, -0.2) is 18.4 Å². The van der Waals surface area contributed by atoms with Gasteiger partial charge in [-0.2, -0.15) is 0 Å². The largest absolute Gasteiger partial charge is 0.471 e. The Kier molecular flexibility index (Phi) is 11.0. The molecule has 2 aliphatic carbocycles. The van der Waals surface area contributed by atoms with Gasteiger partial charge in [0.15, 0.2) is 0 Å². The fraction of sp³-hybridized carbons (Fsp3) is 0.425. The summed E-state index contributed by atoms with van der Waals surface area (Å²) in [5.41, 5.74) is 8.73. The van der Waals surface area contributed by atoms with E-state index >= 15 is 0 Å². The van der Waals surface area contributed by atoms with Crippen molar-refractivity contribution in [2.45, 2.75) is 87.6 Å². The summed E-state index contributed by atoms with van der Waals surface area (Å²) in [5, 5.41) is 5.36. The van der Waals surface area contributed by atoms with Crippen molar-refractivity contribution < 1.29 is 27.5 Å². The molecule has 2 aromatic carbocycles. The van der Waals surface area contributed by atoms with Gasteiger partial charge in [0.05, 0.1) is 27.2 Å². The minimum atomic E-state index is -3.62. The van der Waals surface area contributed by atoms with Crippen LogP contribution in [-0.4, -0.2) is 70.5 Å². The highest BCUT2D eigenvalue weighted by Gasteiger charge is 2.52. The molecule has 54 heavy (non-hydrogen) atoms. The lowest BCUT2D eigenvalue weighted by atomic mass is 10.0. The van der Waals surface area contributed by atoms with Gasteiger partial charge in [-0.15, -0.1) is 11.3 Å². The Bertz CT molecular complexity index is 2120. The lowest BCUT2D eigenvalue weighted by molar-refractivity contribution is -0.138. The van der Waals surface area contributed by atoms with Crippen molar-refractivity contribution in [3.8, 4) is 16.5 Å². The fourth-order valence-electron chi connectivity index (χ4n) is 6.95. The minimum Gasteiger partial charge on any atom is -0.471 e. The molecule has 12 nitrogen and oxygen atoms in total. The Labute approximate surface area is 319 Å². The second kappa shape index (κ2) is 15.9. The number of hydrogen-bond donors (Lipinski definition) is 3. The van der Waals surface area contributed by atoms with Gasteiger partial charge in [-0.1, -0.05) is 61.4 Å². The zero-order chi connectivity index (χ0) is 37.9. The molecule has 2 aromatic heterocycles. The normalized spacial score (nSPS) is 22.2. The average Bonchev–Trinajstić information content (AvgIpc) is 3.98. The van der Waals surface area contributed by atoms with Gasteiger partial charge in [0.1, 0.15) is 23.9 Å². The van der Waals surface area contributed by atoms with E-state index in [1.54, 1.807) is 11.8 Å². The van der Waals surface area contributed by atoms with E-state index in [1.807, 2.05) is 78.2 Å². The second-order valence-electron chi connectivity index (χ2n) is 14.8. The van der Waals surface area contributed by atoms with E-state index in [1.165, 1.54) is 11.3 Å². The van der Waals surface area contributed by atoms with Crippen molar-refractivity contribution in [2.75, 3.05) is 11.9 Å². The number of nitrogens with zero attached hydrogens (tertiary/aromatic N) is 3. The summed E-state index contributed by atoms with van der Waals surface area (Å²) < 4.78 is 32.7. The van der Waals surface area contributed by atoms with Gasteiger partial charge in [0.2, 0.25) is 33.6 Å². The summed E-state index contributed by atoms with van der Waals surface area (Å²) in [6.07, 6.45) is 9.50. The number of likely N-dealkylation sites (tertiary alicyclic amines) is 1. The maximum Gasteiger partial charge on any atom is 0.245 e. The number of rotatable bonds is 17. The van der Waals surface area contributed by atoms with Crippen LogP contribution in [0.1, 0.15) is 64.7 Å². The average molecular weight is 771 g/mol. The molecule has 4 N–H and O–H groups in total. The number of thiophene rings is 1. The van der Waals surface area contributed by atoms with Crippen molar-refractivity contribution in [1.29, 1.82) is 0 Å². The first kappa shape index (κ1) is 37.5. The molecule has 1 aliphatic heterocycles. The number of fused-ring (bicyclic) bond motifs is 1. The SMILES string of the molecule is CC1(S(=O)(=O)NC(=O)[C@H]2C[C@H]2/C=C\CCCCC[C@H](Nc2ccccc2)C(=O)N2C[C@H](Oc3nc4ccccc4nc3-c3cccs3)C[C@H]2C(N)=O)CC1. The number of hydrogen-bond acceptors (Lipinski definition) is 10. The molecular weight excluding hydrogens is 725 g/mol. The number of carbonyl (C=O) groups is 3. The molecule has 0 spiro atoms. The molecule has 0 bridgehead atoms. The summed E-state index contributed by atoms with van der Waals surface area (Å²) in [7, 11) is -3.62. The second-order valence-corrected chi connectivity index (χ2v) is 17.9. The Balaban J connectivity index is 0.955. The monoisotopic (exact) mass is 770 g/mol. The molecule has 1 saturated heterocycles. The van der Waals surface area contributed by atoms with Crippen molar-refractivity contribution in [1.82, 2.24) is 19.6 Å². The molecule has 3 heterocycles. The Morgan fingerprint density at radius 1 is 1.00 bits per heavy atom. The Hall–Kier alpha value is -4.82. The van der Waals surface area contributed by atoms with Crippen LogP contribution in [0.15, 0.2) is 84.3 Å². The number of nitrogens with two attached hydrogens (primary N) is 1. The number of sulfonamides is 1. The fourth-order valence-corrected chi connectivity index (χ4v) is 8.96. The predicted octanol–water partition coefficient (Wildman–Crippen LogP) is 5.81. The van der Waals surface area contributed by atoms with Crippen LogP contribution in [0.25, 0.3) is 21.6 Å². The minimum absolute atomic E-state index is 0.0614.